The zero-order valence-corrected chi connectivity index (χ0v) is 12.9. The third-order valence-corrected chi connectivity index (χ3v) is 4.25. The van der Waals surface area contributed by atoms with Gasteiger partial charge in [-0.1, -0.05) is 17.7 Å². The van der Waals surface area contributed by atoms with Crippen LogP contribution in [0, 0.1) is 12.7 Å². The lowest BCUT2D eigenvalue weighted by Gasteiger charge is -2.25. The maximum Gasteiger partial charge on any atom is 0.224 e. The molecule has 0 fully saturated rings. The molecule has 5 nitrogen and oxygen atoms in total. The number of rotatable bonds is 3. The molecule has 1 atom stereocenters. The van der Waals surface area contributed by atoms with E-state index in [0.717, 1.165) is 24.5 Å². The molecule has 0 spiro atoms. The van der Waals surface area contributed by atoms with Gasteiger partial charge >= 0.3 is 0 Å². The zero-order valence-electron chi connectivity index (χ0n) is 12.1. The minimum atomic E-state index is -0.455. The second-order valence-electron chi connectivity index (χ2n) is 5.45. The lowest BCUT2D eigenvalue weighted by atomic mass is 10.1. The number of nitrogens with one attached hydrogen (secondary N) is 1. The molecule has 1 aromatic carbocycles. The summed E-state index contributed by atoms with van der Waals surface area (Å²) in [5, 5.41) is 11.3. The Labute approximate surface area is 132 Å². The number of amides is 1. The summed E-state index contributed by atoms with van der Waals surface area (Å²) in [6.45, 7) is 2.53. The minimum Gasteiger partial charge on any atom is -0.351 e. The van der Waals surface area contributed by atoms with Crippen LogP contribution < -0.4 is 5.32 Å². The van der Waals surface area contributed by atoms with Gasteiger partial charge in [0.25, 0.3) is 0 Å². The van der Waals surface area contributed by atoms with Crippen LogP contribution in [0.3, 0.4) is 0 Å². The van der Waals surface area contributed by atoms with Crippen molar-refractivity contribution in [2.45, 2.75) is 38.8 Å². The van der Waals surface area contributed by atoms with Crippen LogP contribution in [-0.4, -0.2) is 26.7 Å². The molecule has 1 aliphatic heterocycles. The number of aromatic nitrogens is 3. The number of benzene rings is 1. The van der Waals surface area contributed by atoms with E-state index in [2.05, 4.69) is 15.5 Å². The SMILES string of the molecule is Cc1nnc2n1C[C@@H](NC(=O)Cc1c(F)cccc1Cl)CC2. The van der Waals surface area contributed by atoms with Crippen LogP contribution in [0.1, 0.15) is 23.6 Å². The Morgan fingerprint density at radius 1 is 1.50 bits per heavy atom. The average molecular weight is 323 g/mol. The first kappa shape index (κ1) is 15.0. The maximum absolute atomic E-state index is 13.7. The third-order valence-electron chi connectivity index (χ3n) is 3.90. The van der Waals surface area contributed by atoms with Crippen molar-refractivity contribution in [1.29, 1.82) is 0 Å². The van der Waals surface area contributed by atoms with Gasteiger partial charge in [-0.3, -0.25) is 4.79 Å². The molecule has 116 valence electrons. The predicted molar refractivity (Wildman–Crippen MR) is 80.1 cm³/mol. The first-order chi connectivity index (χ1) is 10.5. The molecule has 0 aliphatic carbocycles. The third kappa shape index (κ3) is 2.97. The van der Waals surface area contributed by atoms with Crippen LogP contribution >= 0.6 is 11.6 Å². The van der Waals surface area contributed by atoms with Crippen molar-refractivity contribution in [3.8, 4) is 0 Å². The summed E-state index contributed by atoms with van der Waals surface area (Å²) in [4.78, 5) is 12.1. The number of hydrogen-bond donors (Lipinski definition) is 1. The zero-order chi connectivity index (χ0) is 15.7. The summed E-state index contributed by atoms with van der Waals surface area (Å²) in [5.74, 6) is 1.10. The Bertz CT molecular complexity index is 695. The molecule has 1 aliphatic rings. The standard InChI is InChI=1S/C15H16ClFN4O/c1-9-19-20-14-6-5-10(8-21(9)14)18-15(22)7-11-12(16)3-2-4-13(11)17/h2-4,10H,5-8H2,1H3,(H,18,22)/t10-/m0/s1. The van der Waals surface area contributed by atoms with E-state index in [1.54, 1.807) is 6.07 Å². The van der Waals surface area contributed by atoms with Crippen molar-refractivity contribution in [2.75, 3.05) is 0 Å². The lowest BCUT2D eigenvalue weighted by Crippen LogP contribution is -2.42. The van der Waals surface area contributed by atoms with Gasteiger partial charge in [0.2, 0.25) is 5.91 Å². The average Bonchev–Trinajstić information content (AvgIpc) is 2.84. The number of aryl methyl sites for hydroxylation is 2. The van der Waals surface area contributed by atoms with E-state index in [1.165, 1.54) is 12.1 Å². The highest BCUT2D eigenvalue weighted by Crippen LogP contribution is 2.20. The second-order valence-corrected chi connectivity index (χ2v) is 5.86. The summed E-state index contributed by atoms with van der Waals surface area (Å²) in [6.07, 6.45) is 1.51. The molecule has 7 heteroatoms. The number of nitrogens with zero attached hydrogens (tertiary/aromatic N) is 3. The Kier molecular flexibility index (Phi) is 4.11. The number of carbonyl (C=O) groups is 1. The normalized spacial score (nSPS) is 17.1. The van der Waals surface area contributed by atoms with E-state index in [0.29, 0.717) is 6.54 Å². The van der Waals surface area contributed by atoms with Crippen molar-refractivity contribution in [2.24, 2.45) is 0 Å². The van der Waals surface area contributed by atoms with Crippen LogP contribution in [0.2, 0.25) is 5.02 Å². The van der Waals surface area contributed by atoms with Gasteiger partial charge < -0.3 is 9.88 Å². The Morgan fingerprint density at radius 2 is 2.32 bits per heavy atom. The molecule has 3 rings (SSSR count). The summed E-state index contributed by atoms with van der Waals surface area (Å²) >= 11 is 5.95. The maximum atomic E-state index is 13.7. The summed E-state index contributed by atoms with van der Waals surface area (Å²) in [6, 6.07) is 4.42. The first-order valence-corrected chi connectivity index (χ1v) is 7.53. The van der Waals surface area contributed by atoms with Crippen LogP contribution in [0.15, 0.2) is 18.2 Å². The van der Waals surface area contributed by atoms with Gasteiger partial charge in [-0.25, -0.2) is 4.39 Å². The number of carbonyl (C=O) groups excluding carboxylic acids is 1. The van der Waals surface area contributed by atoms with E-state index >= 15 is 0 Å². The fraction of sp³-hybridized carbons (Fsp3) is 0.400. The number of hydrogen-bond acceptors (Lipinski definition) is 3. The van der Waals surface area contributed by atoms with E-state index in [-0.39, 0.29) is 29.0 Å². The van der Waals surface area contributed by atoms with Crippen LogP contribution in [0.5, 0.6) is 0 Å². The minimum absolute atomic E-state index is 0.000231. The molecule has 1 amide bonds. The summed E-state index contributed by atoms with van der Waals surface area (Å²) in [5.41, 5.74) is 0.235. The van der Waals surface area contributed by atoms with Gasteiger partial charge in [0, 0.05) is 29.6 Å². The monoisotopic (exact) mass is 322 g/mol. The highest BCUT2D eigenvalue weighted by Gasteiger charge is 2.23. The summed E-state index contributed by atoms with van der Waals surface area (Å²) < 4.78 is 15.7. The quantitative estimate of drug-likeness (QED) is 0.941. The highest BCUT2D eigenvalue weighted by molar-refractivity contribution is 6.31. The predicted octanol–water partition coefficient (Wildman–Crippen LogP) is 2.05. The van der Waals surface area contributed by atoms with Gasteiger partial charge in [-0.15, -0.1) is 10.2 Å². The molecule has 0 bridgehead atoms. The van der Waals surface area contributed by atoms with Crippen molar-refractivity contribution in [3.05, 3.63) is 46.3 Å². The molecule has 0 saturated carbocycles. The van der Waals surface area contributed by atoms with Gasteiger partial charge in [0.1, 0.15) is 17.5 Å². The van der Waals surface area contributed by atoms with Crippen molar-refractivity contribution >= 4 is 17.5 Å². The molecule has 2 aromatic rings. The molecular weight excluding hydrogens is 307 g/mol. The van der Waals surface area contributed by atoms with Gasteiger partial charge in [0.15, 0.2) is 0 Å². The molecule has 0 radical (unpaired) electrons. The number of fused-ring (bicyclic) bond motifs is 1. The highest BCUT2D eigenvalue weighted by atomic mass is 35.5. The molecule has 2 heterocycles. The Balaban J connectivity index is 1.65. The fourth-order valence-electron chi connectivity index (χ4n) is 2.72. The molecule has 1 aromatic heterocycles. The van der Waals surface area contributed by atoms with Crippen LogP contribution in [0.4, 0.5) is 4.39 Å². The fourth-order valence-corrected chi connectivity index (χ4v) is 2.95. The van der Waals surface area contributed by atoms with Gasteiger partial charge in [-0.05, 0) is 25.5 Å². The van der Waals surface area contributed by atoms with Crippen LogP contribution in [0.25, 0.3) is 0 Å². The van der Waals surface area contributed by atoms with E-state index in [1.807, 2.05) is 11.5 Å². The molecule has 22 heavy (non-hydrogen) atoms. The van der Waals surface area contributed by atoms with Crippen LogP contribution in [-0.2, 0) is 24.2 Å². The molecular formula is C15H16ClFN4O. The molecule has 1 N–H and O–H groups in total. The van der Waals surface area contributed by atoms with Gasteiger partial charge in [0.05, 0.1) is 6.42 Å². The molecule has 0 saturated heterocycles. The van der Waals surface area contributed by atoms with E-state index in [9.17, 15) is 9.18 Å². The molecule has 0 unspecified atom stereocenters. The Hall–Kier alpha value is -1.95. The second kappa shape index (κ2) is 6.04. The van der Waals surface area contributed by atoms with Crippen molar-refractivity contribution in [1.82, 2.24) is 20.1 Å². The van der Waals surface area contributed by atoms with E-state index in [4.69, 9.17) is 11.6 Å². The largest absolute Gasteiger partial charge is 0.351 e. The summed E-state index contributed by atoms with van der Waals surface area (Å²) in [7, 11) is 0. The van der Waals surface area contributed by atoms with E-state index < -0.39 is 5.82 Å². The number of halogens is 2. The lowest BCUT2D eigenvalue weighted by molar-refractivity contribution is -0.121. The topological polar surface area (TPSA) is 59.8 Å². The smallest absolute Gasteiger partial charge is 0.224 e. The van der Waals surface area contributed by atoms with Crippen molar-refractivity contribution < 1.29 is 9.18 Å². The van der Waals surface area contributed by atoms with Gasteiger partial charge in [-0.2, -0.15) is 0 Å². The Morgan fingerprint density at radius 3 is 3.09 bits per heavy atom. The first-order valence-electron chi connectivity index (χ1n) is 7.15. The van der Waals surface area contributed by atoms with Crippen molar-refractivity contribution in [3.63, 3.8) is 0 Å².